The number of fused-ring (bicyclic) bond motifs is 3. The third-order valence-corrected chi connectivity index (χ3v) is 5.08. The van der Waals surface area contributed by atoms with E-state index in [9.17, 15) is 4.79 Å². The van der Waals surface area contributed by atoms with E-state index in [4.69, 9.17) is 0 Å². The van der Waals surface area contributed by atoms with Gasteiger partial charge in [0.15, 0.2) is 0 Å². The van der Waals surface area contributed by atoms with Crippen LogP contribution in [0.3, 0.4) is 0 Å². The highest BCUT2D eigenvalue weighted by Gasteiger charge is 2.17. The van der Waals surface area contributed by atoms with Crippen LogP contribution < -0.4 is 5.32 Å². The topological polar surface area (TPSA) is 51.9 Å². The Balaban J connectivity index is 1.45. The maximum atomic E-state index is 12.5. The van der Waals surface area contributed by atoms with Crippen molar-refractivity contribution in [1.29, 1.82) is 0 Å². The normalized spacial score (nSPS) is 13.3. The molecule has 0 bridgehead atoms. The zero-order valence-corrected chi connectivity index (χ0v) is 15.6. The molecule has 1 aromatic carbocycles. The third-order valence-electron chi connectivity index (χ3n) is 5.08. The van der Waals surface area contributed by atoms with Crippen LogP contribution in [0.5, 0.6) is 0 Å². The molecule has 2 heterocycles. The average molecular weight is 360 g/mol. The molecule has 5 nitrogen and oxygen atoms in total. The monoisotopic (exact) mass is 360 g/mol. The molecule has 4 rings (SSSR count). The SMILES string of the molecule is CCn1c2c(c3ccccc31)CC=C(C(=O)NCCCn1ccnc1)C=C2. The third kappa shape index (κ3) is 3.45. The highest BCUT2D eigenvalue weighted by atomic mass is 16.1. The van der Waals surface area contributed by atoms with E-state index in [0.29, 0.717) is 6.54 Å². The minimum absolute atomic E-state index is 0.00520. The number of carbonyl (C=O) groups excluding carboxylic acids is 1. The zero-order chi connectivity index (χ0) is 18.6. The van der Waals surface area contributed by atoms with Crippen molar-refractivity contribution in [1.82, 2.24) is 19.4 Å². The predicted octanol–water partition coefficient (Wildman–Crippen LogP) is 3.56. The predicted molar refractivity (Wildman–Crippen MR) is 108 cm³/mol. The van der Waals surface area contributed by atoms with Crippen LogP contribution in [0.25, 0.3) is 17.0 Å². The fourth-order valence-corrected chi connectivity index (χ4v) is 3.74. The van der Waals surface area contributed by atoms with Crippen molar-refractivity contribution in [2.24, 2.45) is 0 Å². The van der Waals surface area contributed by atoms with Crippen LogP contribution in [0.15, 0.2) is 60.7 Å². The van der Waals surface area contributed by atoms with Crippen LogP contribution in [0, 0.1) is 0 Å². The summed E-state index contributed by atoms with van der Waals surface area (Å²) < 4.78 is 4.34. The van der Waals surface area contributed by atoms with Gasteiger partial charge < -0.3 is 14.5 Å². The summed E-state index contributed by atoms with van der Waals surface area (Å²) in [6.07, 6.45) is 13.2. The molecular formula is C22H24N4O. The van der Waals surface area contributed by atoms with Crippen LogP contribution >= 0.6 is 0 Å². The lowest BCUT2D eigenvalue weighted by molar-refractivity contribution is -0.117. The molecule has 27 heavy (non-hydrogen) atoms. The standard InChI is InChI=1S/C22H24N4O/c1-2-26-20-7-4-3-6-18(20)19-10-8-17(9-11-21(19)26)22(27)24-12-5-14-25-15-13-23-16-25/h3-4,6-9,11,13,15-16H,2,5,10,12,14H2,1H3,(H,24,27). The summed E-state index contributed by atoms with van der Waals surface area (Å²) in [5, 5.41) is 4.30. The minimum Gasteiger partial charge on any atom is -0.352 e. The van der Waals surface area contributed by atoms with Gasteiger partial charge in [0.1, 0.15) is 0 Å². The second-order valence-electron chi connectivity index (χ2n) is 6.73. The van der Waals surface area contributed by atoms with Crippen LogP contribution in [-0.4, -0.2) is 26.6 Å². The first-order valence-electron chi connectivity index (χ1n) is 9.50. The Morgan fingerprint density at radius 3 is 2.96 bits per heavy atom. The Morgan fingerprint density at radius 1 is 1.26 bits per heavy atom. The lowest BCUT2D eigenvalue weighted by atomic mass is 10.1. The molecule has 1 aliphatic rings. The molecule has 0 atom stereocenters. The minimum atomic E-state index is -0.00520. The van der Waals surface area contributed by atoms with Gasteiger partial charge in [0.05, 0.1) is 6.33 Å². The number of hydrogen-bond donors (Lipinski definition) is 1. The maximum Gasteiger partial charge on any atom is 0.250 e. The van der Waals surface area contributed by atoms with Crippen molar-refractivity contribution < 1.29 is 4.79 Å². The molecule has 1 N–H and O–H groups in total. The molecule has 2 aromatic heterocycles. The zero-order valence-electron chi connectivity index (χ0n) is 15.6. The smallest absolute Gasteiger partial charge is 0.250 e. The maximum absolute atomic E-state index is 12.5. The van der Waals surface area contributed by atoms with Gasteiger partial charge in [-0.25, -0.2) is 4.98 Å². The summed E-state index contributed by atoms with van der Waals surface area (Å²) in [4.78, 5) is 16.6. The average Bonchev–Trinajstić information content (AvgIpc) is 3.25. The number of carbonyl (C=O) groups is 1. The second kappa shape index (κ2) is 7.66. The first-order chi connectivity index (χ1) is 13.3. The molecule has 0 unspecified atom stereocenters. The summed E-state index contributed by atoms with van der Waals surface area (Å²) in [5.41, 5.74) is 4.50. The molecular weight excluding hydrogens is 336 g/mol. The van der Waals surface area contributed by atoms with Crippen molar-refractivity contribution >= 4 is 22.9 Å². The fourth-order valence-electron chi connectivity index (χ4n) is 3.74. The highest BCUT2D eigenvalue weighted by Crippen LogP contribution is 2.30. The lowest BCUT2D eigenvalue weighted by Gasteiger charge is -2.06. The van der Waals surface area contributed by atoms with E-state index < -0.39 is 0 Å². The van der Waals surface area contributed by atoms with E-state index in [0.717, 1.165) is 31.5 Å². The molecule has 0 fully saturated rings. The van der Waals surface area contributed by atoms with E-state index in [1.165, 1.54) is 22.2 Å². The summed E-state index contributed by atoms with van der Waals surface area (Å²) in [7, 11) is 0. The highest BCUT2D eigenvalue weighted by molar-refractivity contribution is 5.98. The molecule has 138 valence electrons. The number of benzene rings is 1. The van der Waals surface area contributed by atoms with Gasteiger partial charge in [-0.3, -0.25) is 4.79 Å². The largest absolute Gasteiger partial charge is 0.352 e. The van der Waals surface area contributed by atoms with Gasteiger partial charge in [0.25, 0.3) is 5.91 Å². The van der Waals surface area contributed by atoms with Gasteiger partial charge in [0.2, 0.25) is 0 Å². The number of aromatic nitrogens is 3. The molecule has 3 aromatic rings. The van der Waals surface area contributed by atoms with E-state index in [-0.39, 0.29) is 5.91 Å². The molecule has 0 spiro atoms. The van der Waals surface area contributed by atoms with Crippen LogP contribution in [0.4, 0.5) is 0 Å². The number of rotatable bonds is 6. The molecule has 5 heteroatoms. The Labute approximate surface area is 159 Å². The Bertz CT molecular complexity index is 1010. The van der Waals surface area contributed by atoms with Gasteiger partial charge in [-0.1, -0.05) is 24.3 Å². The van der Waals surface area contributed by atoms with Gasteiger partial charge in [-0.2, -0.15) is 0 Å². The number of imidazole rings is 1. The van der Waals surface area contributed by atoms with Gasteiger partial charge in [-0.15, -0.1) is 0 Å². The number of nitrogens with one attached hydrogen (secondary N) is 1. The van der Waals surface area contributed by atoms with E-state index in [2.05, 4.69) is 52.1 Å². The first-order valence-corrected chi connectivity index (χ1v) is 9.50. The van der Waals surface area contributed by atoms with Crippen LogP contribution in [0.1, 0.15) is 24.6 Å². The van der Waals surface area contributed by atoms with E-state index in [1.54, 1.807) is 12.5 Å². The van der Waals surface area contributed by atoms with Crippen LogP contribution in [0.2, 0.25) is 0 Å². The molecule has 0 radical (unpaired) electrons. The number of amides is 1. The van der Waals surface area contributed by atoms with E-state index in [1.807, 2.05) is 22.9 Å². The van der Waals surface area contributed by atoms with Gasteiger partial charge in [0, 0.05) is 54.2 Å². The van der Waals surface area contributed by atoms with Gasteiger partial charge >= 0.3 is 0 Å². The van der Waals surface area contributed by atoms with Crippen molar-refractivity contribution in [3.63, 3.8) is 0 Å². The number of allylic oxidation sites excluding steroid dienone is 1. The Morgan fingerprint density at radius 2 is 2.15 bits per heavy atom. The second-order valence-corrected chi connectivity index (χ2v) is 6.73. The summed E-state index contributed by atoms with van der Waals surface area (Å²) in [6, 6.07) is 8.49. The quantitative estimate of drug-likeness (QED) is 0.684. The van der Waals surface area contributed by atoms with Crippen LogP contribution in [-0.2, 0) is 24.3 Å². The van der Waals surface area contributed by atoms with E-state index >= 15 is 0 Å². The molecule has 0 aliphatic heterocycles. The Kier molecular flexibility index (Phi) is 4.92. The van der Waals surface area contributed by atoms with Crippen molar-refractivity contribution in [2.75, 3.05) is 6.54 Å². The number of aryl methyl sites for hydroxylation is 2. The lowest BCUT2D eigenvalue weighted by Crippen LogP contribution is -2.26. The van der Waals surface area contributed by atoms with Gasteiger partial charge in [-0.05, 0) is 43.5 Å². The summed E-state index contributed by atoms with van der Waals surface area (Å²) >= 11 is 0. The van der Waals surface area contributed by atoms with Crippen molar-refractivity contribution in [2.45, 2.75) is 32.9 Å². The number of para-hydroxylation sites is 1. The fraction of sp³-hybridized carbons (Fsp3) is 0.273. The molecule has 0 saturated heterocycles. The molecule has 1 aliphatic carbocycles. The van der Waals surface area contributed by atoms with Crippen molar-refractivity contribution in [3.05, 3.63) is 72.0 Å². The molecule has 1 amide bonds. The summed E-state index contributed by atoms with van der Waals surface area (Å²) in [6.45, 7) is 4.58. The van der Waals surface area contributed by atoms with Crippen molar-refractivity contribution in [3.8, 4) is 0 Å². The first kappa shape index (κ1) is 17.3. The number of hydrogen-bond acceptors (Lipinski definition) is 2. The summed E-state index contributed by atoms with van der Waals surface area (Å²) in [5.74, 6) is -0.00520. The Hall–Kier alpha value is -3.08. The number of nitrogens with zero attached hydrogens (tertiary/aromatic N) is 3. The molecule has 0 saturated carbocycles.